The number of hydrogen-bond acceptors (Lipinski definition) is 4. The lowest BCUT2D eigenvalue weighted by Gasteiger charge is -2.08. The molecule has 1 amide bonds. The second kappa shape index (κ2) is 4.67. The maximum Gasteiger partial charge on any atom is 0.295 e. The Morgan fingerprint density at radius 1 is 1.62 bits per heavy atom. The van der Waals surface area contributed by atoms with Gasteiger partial charge in [0.05, 0.1) is 11.0 Å². The number of nitrogens with two attached hydrogens (primary N) is 1. The number of amides is 1. The molecule has 16 heavy (non-hydrogen) atoms. The number of nitro benzene ring substituents is 1. The van der Waals surface area contributed by atoms with Crippen LogP contribution in [0.3, 0.4) is 0 Å². The van der Waals surface area contributed by atoms with Gasteiger partial charge in [-0.05, 0) is 13.0 Å². The van der Waals surface area contributed by atoms with Gasteiger partial charge < -0.3 is 11.1 Å². The van der Waals surface area contributed by atoms with Crippen LogP contribution < -0.4 is 11.1 Å². The highest BCUT2D eigenvalue weighted by atomic mass is 19.1. The molecule has 0 aliphatic heterocycles. The molecule has 1 atom stereocenters. The van der Waals surface area contributed by atoms with E-state index in [1.165, 1.54) is 13.0 Å². The fourth-order valence-corrected chi connectivity index (χ4v) is 1.03. The molecular formula is C9H10FN3O3. The van der Waals surface area contributed by atoms with Gasteiger partial charge in [-0.2, -0.15) is 0 Å². The average Bonchev–Trinajstić information content (AvgIpc) is 2.20. The van der Waals surface area contributed by atoms with Crippen LogP contribution in [0.15, 0.2) is 18.2 Å². The number of nitrogens with zero attached hydrogens (tertiary/aromatic N) is 1. The molecule has 3 N–H and O–H groups in total. The second-order valence-corrected chi connectivity index (χ2v) is 3.17. The summed E-state index contributed by atoms with van der Waals surface area (Å²) < 4.78 is 13.3. The van der Waals surface area contributed by atoms with Crippen LogP contribution in [0.1, 0.15) is 6.92 Å². The van der Waals surface area contributed by atoms with Gasteiger partial charge in [-0.25, -0.2) is 4.39 Å². The number of nitrogens with one attached hydrogen (secondary N) is 1. The van der Waals surface area contributed by atoms with Crippen molar-refractivity contribution in [3.63, 3.8) is 0 Å². The minimum Gasteiger partial charge on any atom is -0.320 e. The van der Waals surface area contributed by atoms with E-state index in [2.05, 4.69) is 5.32 Å². The topological polar surface area (TPSA) is 98.3 Å². The minimum atomic E-state index is -0.876. The van der Waals surface area contributed by atoms with Crippen LogP contribution >= 0.6 is 0 Å². The van der Waals surface area contributed by atoms with Gasteiger partial charge >= 0.3 is 0 Å². The lowest BCUT2D eigenvalue weighted by molar-refractivity contribution is -0.384. The van der Waals surface area contributed by atoms with Crippen molar-refractivity contribution in [2.24, 2.45) is 5.73 Å². The van der Waals surface area contributed by atoms with E-state index < -0.39 is 34.1 Å². The molecule has 0 fully saturated rings. The van der Waals surface area contributed by atoms with Crippen LogP contribution in [-0.2, 0) is 4.79 Å². The number of para-hydroxylation sites is 1. The molecule has 0 saturated heterocycles. The summed E-state index contributed by atoms with van der Waals surface area (Å²) in [5.74, 6) is -1.56. The molecule has 1 aromatic carbocycles. The van der Waals surface area contributed by atoms with Gasteiger partial charge in [-0.15, -0.1) is 0 Å². The number of benzene rings is 1. The summed E-state index contributed by atoms with van der Waals surface area (Å²) in [4.78, 5) is 21.0. The monoisotopic (exact) mass is 227 g/mol. The van der Waals surface area contributed by atoms with Crippen molar-refractivity contribution in [2.45, 2.75) is 13.0 Å². The first-order valence-corrected chi connectivity index (χ1v) is 4.43. The van der Waals surface area contributed by atoms with E-state index in [-0.39, 0.29) is 0 Å². The summed E-state index contributed by atoms with van der Waals surface area (Å²) in [5.41, 5.74) is 4.29. The number of anilines is 1. The summed E-state index contributed by atoms with van der Waals surface area (Å²) in [6.07, 6.45) is 0. The fourth-order valence-electron chi connectivity index (χ4n) is 1.03. The Bertz CT molecular complexity index is 434. The number of carbonyl (C=O) groups excluding carboxylic acids is 1. The molecule has 7 heteroatoms. The van der Waals surface area contributed by atoms with Crippen LogP contribution in [0.25, 0.3) is 0 Å². The van der Waals surface area contributed by atoms with Gasteiger partial charge in [-0.1, -0.05) is 6.07 Å². The van der Waals surface area contributed by atoms with Gasteiger partial charge in [0.2, 0.25) is 5.91 Å². The maximum atomic E-state index is 13.3. The maximum absolute atomic E-state index is 13.3. The summed E-state index contributed by atoms with van der Waals surface area (Å²) >= 11 is 0. The first kappa shape index (κ1) is 12.1. The number of nitro groups is 1. The molecule has 0 bridgehead atoms. The van der Waals surface area contributed by atoms with E-state index in [4.69, 9.17) is 5.73 Å². The Hall–Kier alpha value is -2.02. The summed E-state index contributed by atoms with van der Waals surface area (Å²) in [6, 6.07) is 2.43. The van der Waals surface area contributed by atoms with Gasteiger partial charge in [0.15, 0.2) is 11.5 Å². The molecule has 86 valence electrons. The molecule has 1 aromatic rings. The number of carbonyl (C=O) groups is 1. The highest BCUT2D eigenvalue weighted by Crippen LogP contribution is 2.26. The van der Waals surface area contributed by atoms with Crippen molar-refractivity contribution in [3.8, 4) is 0 Å². The zero-order valence-corrected chi connectivity index (χ0v) is 8.44. The van der Waals surface area contributed by atoms with Gasteiger partial charge in [0.1, 0.15) is 0 Å². The SMILES string of the molecule is CC(N)C(=O)Nc1c(F)cccc1[N+](=O)[O-]. The summed E-state index contributed by atoms with van der Waals surface area (Å²) in [6.45, 7) is 1.39. The quantitative estimate of drug-likeness (QED) is 0.594. The van der Waals surface area contributed by atoms with E-state index in [1.54, 1.807) is 0 Å². The van der Waals surface area contributed by atoms with Crippen LogP contribution in [0.4, 0.5) is 15.8 Å². The molecule has 0 aliphatic rings. The second-order valence-electron chi connectivity index (χ2n) is 3.17. The standard InChI is InChI=1S/C9H10FN3O3/c1-5(11)9(14)12-8-6(10)3-2-4-7(8)13(15)16/h2-5H,11H2,1H3,(H,12,14). The molecule has 0 aromatic heterocycles. The van der Waals surface area contributed by atoms with E-state index in [0.717, 1.165) is 12.1 Å². The van der Waals surface area contributed by atoms with E-state index >= 15 is 0 Å². The van der Waals surface area contributed by atoms with Gasteiger partial charge in [0.25, 0.3) is 5.69 Å². The normalized spacial score (nSPS) is 11.9. The first-order valence-electron chi connectivity index (χ1n) is 4.43. The first-order chi connectivity index (χ1) is 7.43. The summed E-state index contributed by atoms with van der Waals surface area (Å²) in [5, 5.41) is 12.7. The summed E-state index contributed by atoms with van der Waals surface area (Å²) in [7, 11) is 0. The predicted molar refractivity (Wildman–Crippen MR) is 55.3 cm³/mol. The molecule has 1 unspecified atom stereocenters. The van der Waals surface area contributed by atoms with Crippen molar-refractivity contribution < 1.29 is 14.1 Å². The zero-order valence-electron chi connectivity index (χ0n) is 8.44. The van der Waals surface area contributed by atoms with Crippen molar-refractivity contribution in [2.75, 3.05) is 5.32 Å². The van der Waals surface area contributed by atoms with Crippen molar-refractivity contribution >= 4 is 17.3 Å². The van der Waals surface area contributed by atoms with Gasteiger partial charge in [-0.3, -0.25) is 14.9 Å². The molecule has 0 radical (unpaired) electrons. The highest BCUT2D eigenvalue weighted by molar-refractivity contribution is 5.96. The molecule has 0 aliphatic carbocycles. The lowest BCUT2D eigenvalue weighted by Crippen LogP contribution is -2.33. The van der Waals surface area contributed by atoms with Crippen molar-refractivity contribution in [1.29, 1.82) is 0 Å². The van der Waals surface area contributed by atoms with Crippen LogP contribution in [0, 0.1) is 15.9 Å². The van der Waals surface area contributed by atoms with Crippen molar-refractivity contribution in [1.82, 2.24) is 0 Å². The third kappa shape index (κ3) is 2.51. The fraction of sp³-hybridized carbons (Fsp3) is 0.222. The Morgan fingerprint density at radius 2 is 2.25 bits per heavy atom. The number of halogens is 1. The number of hydrogen-bond donors (Lipinski definition) is 2. The smallest absolute Gasteiger partial charge is 0.295 e. The van der Waals surface area contributed by atoms with Crippen LogP contribution in [0.5, 0.6) is 0 Å². The minimum absolute atomic E-state index is 0.463. The molecular weight excluding hydrogens is 217 g/mol. The predicted octanol–water partition coefficient (Wildman–Crippen LogP) is 1.02. The molecule has 0 saturated carbocycles. The third-order valence-corrected chi connectivity index (χ3v) is 1.85. The molecule has 0 spiro atoms. The molecule has 6 nitrogen and oxygen atoms in total. The lowest BCUT2D eigenvalue weighted by atomic mass is 10.2. The molecule has 1 rings (SSSR count). The highest BCUT2D eigenvalue weighted by Gasteiger charge is 2.20. The van der Waals surface area contributed by atoms with Crippen LogP contribution in [0.2, 0.25) is 0 Å². The Balaban J connectivity index is 3.11. The van der Waals surface area contributed by atoms with E-state index in [9.17, 15) is 19.3 Å². The van der Waals surface area contributed by atoms with E-state index in [1.807, 2.05) is 0 Å². The molecule has 0 heterocycles. The Morgan fingerprint density at radius 3 is 2.75 bits per heavy atom. The average molecular weight is 227 g/mol. The van der Waals surface area contributed by atoms with Crippen molar-refractivity contribution in [3.05, 3.63) is 34.1 Å². The third-order valence-electron chi connectivity index (χ3n) is 1.85. The largest absolute Gasteiger partial charge is 0.320 e. The Labute approximate surface area is 90.4 Å². The Kier molecular flexibility index (Phi) is 3.51. The zero-order chi connectivity index (χ0) is 12.3. The van der Waals surface area contributed by atoms with E-state index in [0.29, 0.717) is 0 Å². The number of rotatable bonds is 3. The van der Waals surface area contributed by atoms with Gasteiger partial charge in [0, 0.05) is 6.07 Å². The van der Waals surface area contributed by atoms with Crippen LogP contribution in [-0.4, -0.2) is 16.9 Å².